The van der Waals surface area contributed by atoms with Crippen LogP contribution >= 0.6 is 0 Å². The first kappa shape index (κ1) is 20.4. The average molecular weight is 409 g/mol. The molecule has 1 aliphatic carbocycles. The van der Waals surface area contributed by atoms with E-state index in [0.29, 0.717) is 12.5 Å². The number of aliphatic imine (C=N–C) groups is 1. The number of amides is 1. The van der Waals surface area contributed by atoms with Crippen LogP contribution in [0.4, 0.5) is 0 Å². The van der Waals surface area contributed by atoms with Crippen LogP contribution in [0.5, 0.6) is 0 Å². The van der Waals surface area contributed by atoms with Gasteiger partial charge in [-0.1, -0.05) is 25.0 Å². The molecule has 1 unspecified atom stereocenters. The standard InChI is InChI=1S/C23H32N6O/c1-2-24-23(25-16-18-8-10-21(11-9-18)29-14-5-13-26-29)27-20-12-15-28(17-20)22(30)19-6-3-4-7-19/h5,8-11,13-14,19-20H,2-4,6-7,12,15-17H2,1H3,(H2,24,25,27). The summed E-state index contributed by atoms with van der Waals surface area (Å²) in [6, 6.07) is 10.5. The van der Waals surface area contributed by atoms with Crippen molar-refractivity contribution in [3.8, 4) is 5.69 Å². The number of likely N-dealkylation sites (tertiary alicyclic amines) is 1. The summed E-state index contributed by atoms with van der Waals surface area (Å²) in [4.78, 5) is 19.5. The lowest BCUT2D eigenvalue weighted by atomic mass is 10.1. The second-order valence-electron chi connectivity index (χ2n) is 8.21. The number of aromatic nitrogens is 2. The Labute approximate surface area is 178 Å². The Morgan fingerprint density at radius 2 is 2.00 bits per heavy atom. The number of rotatable bonds is 6. The monoisotopic (exact) mass is 408 g/mol. The molecule has 4 rings (SSSR count). The molecule has 1 aliphatic heterocycles. The number of carbonyl (C=O) groups is 1. The molecule has 7 nitrogen and oxygen atoms in total. The highest BCUT2D eigenvalue weighted by Gasteiger charge is 2.32. The molecule has 0 bridgehead atoms. The minimum atomic E-state index is 0.260. The van der Waals surface area contributed by atoms with Gasteiger partial charge in [-0.3, -0.25) is 4.79 Å². The predicted octanol–water partition coefficient (Wildman–Crippen LogP) is 2.72. The van der Waals surface area contributed by atoms with Gasteiger partial charge in [0, 0.05) is 44.0 Å². The zero-order valence-corrected chi connectivity index (χ0v) is 17.8. The molecule has 1 atom stereocenters. The maximum atomic E-state index is 12.7. The second-order valence-corrected chi connectivity index (χ2v) is 8.21. The zero-order chi connectivity index (χ0) is 20.8. The van der Waals surface area contributed by atoms with E-state index in [1.165, 1.54) is 12.8 Å². The smallest absolute Gasteiger partial charge is 0.225 e. The van der Waals surface area contributed by atoms with Crippen molar-refractivity contribution in [1.29, 1.82) is 0 Å². The minimum absolute atomic E-state index is 0.260. The van der Waals surface area contributed by atoms with Crippen molar-refractivity contribution < 1.29 is 4.79 Å². The molecule has 2 aliphatic rings. The summed E-state index contributed by atoms with van der Waals surface area (Å²) in [5, 5.41) is 11.1. The highest BCUT2D eigenvalue weighted by molar-refractivity contribution is 5.81. The van der Waals surface area contributed by atoms with E-state index in [0.717, 1.165) is 56.1 Å². The van der Waals surface area contributed by atoms with Gasteiger partial charge in [0.2, 0.25) is 5.91 Å². The molecule has 1 aromatic heterocycles. The number of nitrogens with zero attached hydrogens (tertiary/aromatic N) is 4. The molecule has 2 N–H and O–H groups in total. The Hall–Kier alpha value is -2.83. The van der Waals surface area contributed by atoms with Gasteiger partial charge in [-0.05, 0) is 49.9 Å². The van der Waals surface area contributed by atoms with Crippen LogP contribution in [-0.2, 0) is 11.3 Å². The molecule has 1 amide bonds. The van der Waals surface area contributed by atoms with Crippen LogP contribution in [0.25, 0.3) is 5.69 Å². The average Bonchev–Trinajstić information content (AvgIpc) is 3.55. The SMILES string of the molecule is CCNC(=NCc1ccc(-n2cccn2)cc1)NC1CCN(C(=O)C2CCCC2)C1. The quantitative estimate of drug-likeness (QED) is 0.569. The normalized spacial score (nSPS) is 20.0. The topological polar surface area (TPSA) is 74.6 Å². The Bertz CT molecular complexity index is 839. The van der Waals surface area contributed by atoms with Crippen molar-refractivity contribution in [2.45, 2.75) is 51.6 Å². The van der Waals surface area contributed by atoms with E-state index in [4.69, 9.17) is 4.99 Å². The lowest BCUT2D eigenvalue weighted by molar-refractivity contribution is -0.134. The fourth-order valence-corrected chi connectivity index (χ4v) is 4.37. The van der Waals surface area contributed by atoms with Crippen molar-refractivity contribution in [3.05, 3.63) is 48.3 Å². The van der Waals surface area contributed by atoms with Crippen molar-refractivity contribution in [2.24, 2.45) is 10.9 Å². The number of benzene rings is 1. The summed E-state index contributed by atoms with van der Waals surface area (Å²) in [7, 11) is 0. The Morgan fingerprint density at radius 3 is 2.70 bits per heavy atom. The van der Waals surface area contributed by atoms with Crippen molar-refractivity contribution in [3.63, 3.8) is 0 Å². The Balaban J connectivity index is 1.32. The molecule has 1 saturated carbocycles. The number of hydrogen-bond acceptors (Lipinski definition) is 3. The fourth-order valence-electron chi connectivity index (χ4n) is 4.37. The number of carbonyl (C=O) groups excluding carboxylic acids is 1. The summed E-state index contributed by atoms with van der Waals surface area (Å²) >= 11 is 0. The maximum Gasteiger partial charge on any atom is 0.225 e. The molecular formula is C23H32N6O. The van der Waals surface area contributed by atoms with Gasteiger partial charge in [0.1, 0.15) is 0 Å². The van der Waals surface area contributed by atoms with E-state index >= 15 is 0 Å². The van der Waals surface area contributed by atoms with Crippen molar-refractivity contribution in [2.75, 3.05) is 19.6 Å². The van der Waals surface area contributed by atoms with Crippen molar-refractivity contribution in [1.82, 2.24) is 25.3 Å². The lowest BCUT2D eigenvalue weighted by Crippen LogP contribution is -2.45. The van der Waals surface area contributed by atoms with Gasteiger partial charge in [0.15, 0.2) is 5.96 Å². The largest absolute Gasteiger partial charge is 0.357 e. The molecule has 1 saturated heterocycles. The Kier molecular flexibility index (Phi) is 6.67. The third-order valence-electron chi connectivity index (χ3n) is 6.01. The van der Waals surface area contributed by atoms with Crippen molar-refractivity contribution >= 4 is 11.9 Å². The highest BCUT2D eigenvalue weighted by Crippen LogP contribution is 2.27. The highest BCUT2D eigenvalue weighted by atomic mass is 16.2. The van der Waals surface area contributed by atoms with Gasteiger partial charge < -0.3 is 15.5 Å². The van der Waals surface area contributed by atoms with Crippen LogP contribution in [0.1, 0.15) is 44.6 Å². The summed E-state index contributed by atoms with van der Waals surface area (Å²) in [6.07, 6.45) is 9.22. The van der Waals surface area contributed by atoms with Crippen LogP contribution in [0.15, 0.2) is 47.7 Å². The van der Waals surface area contributed by atoms with Crippen LogP contribution in [-0.4, -0.2) is 52.2 Å². The maximum absolute atomic E-state index is 12.7. The van der Waals surface area contributed by atoms with Crippen LogP contribution in [0.3, 0.4) is 0 Å². The number of nitrogens with one attached hydrogen (secondary N) is 2. The number of guanidine groups is 1. The van der Waals surface area contributed by atoms with E-state index in [-0.39, 0.29) is 12.0 Å². The van der Waals surface area contributed by atoms with Gasteiger partial charge in [0.25, 0.3) is 0 Å². The molecule has 2 aromatic rings. The first-order valence-corrected chi connectivity index (χ1v) is 11.2. The molecule has 2 fully saturated rings. The van der Waals surface area contributed by atoms with Gasteiger partial charge in [0.05, 0.1) is 12.2 Å². The summed E-state index contributed by atoms with van der Waals surface area (Å²) in [6.45, 7) is 5.11. The Morgan fingerprint density at radius 1 is 1.20 bits per heavy atom. The van der Waals surface area contributed by atoms with Crippen LogP contribution in [0, 0.1) is 5.92 Å². The van der Waals surface area contributed by atoms with Gasteiger partial charge >= 0.3 is 0 Å². The van der Waals surface area contributed by atoms with E-state index in [1.807, 2.05) is 21.8 Å². The van der Waals surface area contributed by atoms with Crippen LogP contribution < -0.4 is 10.6 Å². The molecule has 1 aromatic carbocycles. The minimum Gasteiger partial charge on any atom is -0.357 e. The predicted molar refractivity (Wildman–Crippen MR) is 118 cm³/mol. The molecular weight excluding hydrogens is 376 g/mol. The van der Waals surface area contributed by atoms with Gasteiger partial charge in [-0.15, -0.1) is 0 Å². The van der Waals surface area contributed by atoms with Gasteiger partial charge in [-0.25, -0.2) is 9.67 Å². The second kappa shape index (κ2) is 9.78. The van der Waals surface area contributed by atoms with E-state index in [2.05, 4.69) is 46.9 Å². The molecule has 2 heterocycles. The molecule has 0 radical (unpaired) electrons. The fraction of sp³-hybridized carbons (Fsp3) is 0.522. The summed E-state index contributed by atoms with van der Waals surface area (Å²) in [5.41, 5.74) is 2.18. The molecule has 7 heteroatoms. The third-order valence-corrected chi connectivity index (χ3v) is 6.01. The molecule has 0 spiro atoms. The number of hydrogen-bond donors (Lipinski definition) is 2. The summed E-state index contributed by atoms with van der Waals surface area (Å²) in [5.74, 6) is 1.43. The first-order chi connectivity index (χ1) is 14.7. The first-order valence-electron chi connectivity index (χ1n) is 11.2. The van der Waals surface area contributed by atoms with Crippen LogP contribution in [0.2, 0.25) is 0 Å². The van der Waals surface area contributed by atoms with E-state index in [1.54, 1.807) is 6.20 Å². The summed E-state index contributed by atoms with van der Waals surface area (Å²) < 4.78 is 1.84. The molecule has 30 heavy (non-hydrogen) atoms. The third kappa shape index (κ3) is 5.01. The lowest BCUT2D eigenvalue weighted by Gasteiger charge is -2.21. The van der Waals surface area contributed by atoms with E-state index < -0.39 is 0 Å². The zero-order valence-electron chi connectivity index (χ0n) is 17.8. The van der Waals surface area contributed by atoms with Gasteiger partial charge in [-0.2, -0.15) is 5.10 Å². The molecule has 160 valence electrons. The van der Waals surface area contributed by atoms with E-state index in [9.17, 15) is 4.79 Å².